The molecule has 0 aromatic carbocycles. The number of aliphatic hydroxyl groups excluding tert-OH is 1. The molecule has 2 aliphatic rings. The summed E-state index contributed by atoms with van der Waals surface area (Å²) in [6.07, 6.45) is 4.88. The molecule has 2 rings (SSSR count). The molecule has 40 heavy (non-hydrogen) atoms. The van der Waals surface area contributed by atoms with Crippen LogP contribution in [0.15, 0.2) is 11.3 Å². The van der Waals surface area contributed by atoms with Gasteiger partial charge in [0.05, 0.1) is 0 Å². The Bertz CT molecular complexity index is 999. The van der Waals surface area contributed by atoms with E-state index in [2.05, 4.69) is 27.7 Å². The number of hydrogen-bond donors (Lipinski definition) is 1. The lowest BCUT2D eigenvalue weighted by Gasteiger charge is -2.60. The van der Waals surface area contributed by atoms with Crippen molar-refractivity contribution in [1.29, 1.82) is 0 Å². The van der Waals surface area contributed by atoms with Crippen LogP contribution in [0.3, 0.4) is 0 Å². The number of allylic oxidation sites excluding steroid dienone is 2. The number of aliphatic hydroxyl groups is 1. The predicted molar refractivity (Wildman–Crippen MR) is 162 cm³/mol. The molecule has 5 heteroatoms. The lowest BCUT2D eigenvalue weighted by Crippen LogP contribution is -2.74. The molecule has 1 N–H and O–H groups in total. The third-order valence-electron chi connectivity index (χ3n) is 9.87. The Morgan fingerprint density at radius 2 is 1.30 bits per heavy atom. The third-order valence-corrected chi connectivity index (χ3v) is 9.87. The van der Waals surface area contributed by atoms with Crippen LogP contribution >= 0.6 is 0 Å². The van der Waals surface area contributed by atoms with E-state index in [-0.39, 0.29) is 47.6 Å². The van der Waals surface area contributed by atoms with Crippen molar-refractivity contribution in [1.82, 2.24) is 0 Å². The van der Waals surface area contributed by atoms with Crippen LogP contribution < -0.4 is 0 Å². The number of carbonyl (C=O) groups excluding carboxylic acids is 4. The Hall–Kier alpha value is -1.78. The second-order valence-electron chi connectivity index (χ2n) is 15.1. The molecule has 0 aliphatic heterocycles. The summed E-state index contributed by atoms with van der Waals surface area (Å²) in [6.45, 7) is 22.0. The fourth-order valence-electron chi connectivity index (χ4n) is 7.37. The molecular weight excluding hydrogens is 500 g/mol. The molecule has 0 aromatic rings. The van der Waals surface area contributed by atoms with Crippen molar-refractivity contribution < 1.29 is 24.3 Å². The van der Waals surface area contributed by atoms with E-state index in [9.17, 15) is 19.5 Å². The van der Waals surface area contributed by atoms with Gasteiger partial charge >= 0.3 is 0 Å². The molecule has 2 bridgehead atoms. The molecule has 0 amide bonds. The third kappa shape index (κ3) is 5.77. The van der Waals surface area contributed by atoms with Crippen molar-refractivity contribution in [3.8, 4) is 0 Å². The summed E-state index contributed by atoms with van der Waals surface area (Å²) in [4.78, 5) is 59.4. The maximum Gasteiger partial charge on any atom is 0.183 e. The zero-order valence-corrected chi connectivity index (χ0v) is 27.4. The number of hydrogen-bond acceptors (Lipinski definition) is 5. The highest BCUT2D eigenvalue weighted by Gasteiger charge is 2.79. The Kier molecular flexibility index (Phi) is 11.2. The monoisotopic (exact) mass is 558 g/mol. The molecule has 4 unspecified atom stereocenters. The summed E-state index contributed by atoms with van der Waals surface area (Å²) < 4.78 is 0. The molecule has 0 saturated heterocycles. The molecule has 0 aromatic heterocycles. The van der Waals surface area contributed by atoms with E-state index in [0.717, 1.165) is 19.3 Å². The molecule has 4 atom stereocenters. The number of carbonyl (C=O) groups is 4. The van der Waals surface area contributed by atoms with Crippen LogP contribution in [-0.2, 0) is 19.2 Å². The summed E-state index contributed by atoms with van der Waals surface area (Å²) in [5.74, 6) is -2.19. The maximum absolute atomic E-state index is 15.1. The maximum atomic E-state index is 15.1. The lowest BCUT2D eigenvalue weighted by molar-refractivity contribution is -0.184. The van der Waals surface area contributed by atoms with Crippen LogP contribution in [0.2, 0.25) is 0 Å². The van der Waals surface area contributed by atoms with Gasteiger partial charge in [0.1, 0.15) is 11.2 Å². The minimum atomic E-state index is -1.96. The first-order valence-corrected chi connectivity index (χ1v) is 16.0. The molecule has 5 nitrogen and oxygen atoms in total. The topological polar surface area (TPSA) is 88.5 Å². The molecule has 0 spiro atoms. The minimum absolute atomic E-state index is 0.139. The molecule has 0 heterocycles. The van der Waals surface area contributed by atoms with Gasteiger partial charge in [-0.2, -0.15) is 0 Å². The fourth-order valence-corrected chi connectivity index (χ4v) is 7.37. The second kappa shape index (κ2) is 13.0. The van der Waals surface area contributed by atoms with Crippen LogP contribution in [0.1, 0.15) is 134 Å². The highest BCUT2D eigenvalue weighted by Crippen LogP contribution is 2.66. The Morgan fingerprint density at radius 1 is 0.775 bits per heavy atom. The Labute approximate surface area is 244 Å². The van der Waals surface area contributed by atoms with Crippen molar-refractivity contribution in [2.75, 3.05) is 0 Å². The summed E-state index contributed by atoms with van der Waals surface area (Å²) in [6, 6.07) is 0. The van der Waals surface area contributed by atoms with Crippen LogP contribution in [-0.4, -0.2) is 28.2 Å². The predicted octanol–water partition coefficient (Wildman–Crippen LogP) is 8.49. The van der Waals surface area contributed by atoms with Crippen LogP contribution in [0.25, 0.3) is 0 Å². The largest absolute Gasteiger partial charge is 0.510 e. The number of rotatable bonds is 15. The van der Waals surface area contributed by atoms with E-state index in [1.165, 1.54) is 0 Å². The first kappa shape index (κ1) is 34.4. The molecule has 228 valence electrons. The molecule has 1 fully saturated rings. The van der Waals surface area contributed by atoms with Gasteiger partial charge < -0.3 is 5.11 Å². The molecular formula is C35H58O5. The minimum Gasteiger partial charge on any atom is -0.510 e. The molecule has 2 aliphatic carbocycles. The SMILES string of the molecule is CC(C)CCCC1(C)C(CCC(C)C)C(=O)C2(CCC(C)C)C(=O)C1(C(=O)C(C)C)C(=O)C(CCC(C)C)=C2O. The fraction of sp³-hybridized carbons (Fsp3) is 0.829. The van der Waals surface area contributed by atoms with E-state index in [0.29, 0.717) is 37.5 Å². The van der Waals surface area contributed by atoms with E-state index >= 15 is 4.79 Å². The lowest BCUT2D eigenvalue weighted by atomic mass is 9.37. The number of Topliss-reactive ketones (excluding diaryl/α,β-unsaturated/α-hetero) is 4. The first-order valence-electron chi connectivity index (χ1n) is 16.0. The standard InChI is InChI=1S/C35H58O5/c1-21(2)13-12-19-33(11)27(17-15-23(5)6)31(39)34(20-18-24(7)8)29(37)26(16-14-22(3)4)30(38)35(33,32(34)40)28(36)25(9)10/h21-25,27,37H,12-20H2,1-11H3. The smallest absolute Gasteiger partial charge is 0.183 e. The first-order chi connectivity index (χ1) is 18.4. The van der Waals surface area contributed by atoms with Gasteiger partial charge in [-0.3, -0.25) is 19.2 Å². The summed E-state index contributed by atoms with van der Waals surface area (Å²) >= 11 is 0. The molecule has 1 saturated carbocycles. The normalized spacial score (nSPS) is 29.2. The molecule has 0 radical (unpaired) electrons. The quantitative estimate of drug-likeness (QED) is 0.204. The van der Waals surface area contributed by atoms with Gasteiger partial charge in [-0.15, -0.1) is 0 Å². The summed E-state index contributed by atoms with van der Waals surface area (Å²) in [5.41, 5.74) is -4.77. The van der Waals surface area contributed by atoms with Crippen molar-refractivity contribution in [2.45, 2.75) is 134 Å². The van der Waals surface area contributed by atoms with Gasteiger partial charge in [-0.1, -0.05) is 95.4 Å². The van der Waals surface area contributed by atoms with Crippen LogP contribution in [0.4, 0.5) is 0 Å². The Morgan fingerprint density at radius 3 is 1.77 bits per heavy atom. The van der Waals surface area contributed by atoms with Crippen molar-refractivity contribution in [3.63, 3.8) is 0 Å². The summed E-state index contributed by atoms with van der Waals surface area (Å²) in [5, 5.41) is 11.9. The van der Waals surface area contributed by atoms with Crippen molar-refractivity contribution >= 4 is 23.1 Å². The van der Waals surface area contributed by atoms with Gasteiger partial charge in [0, 0.05) is 22.8 Å². The zero-order chi connectivity index (χ0) is 30.8. The van der Waals surface area contributed by atoms with Crippen LogP contribution in [0.5, 0.6) is 0 Å². The zero-order valence-electron chi connectivity index (χ0n) is 27.4. The average molecular weight is 559 g/mol. The van der Waals surface area contributed by atoms with Gasteiger partial charge in [0.25, 0.3) is 0 Å². The van der Waals surface area contributed by atoms with E-state index in [1.54, 1.807) is 13.8 Å². The van der Waals surface area contributed by atoms with E-state index in [4.69, 9.17) is 0 Å². The summed E-state index contributed by atoms with van der Waals surface area (Å²) in [7, 11) is 0. The van der Waals surface area contributed by atoms with Gasteiger partial charge in [-0.25, -0.2) is 0 Å². The highest BCUT2D eigenvalue weighted by atomic mass is 16.3. The highest BCUT2D eigenvalue weighted by molar-refractivity contribution is 6.38. The Balaban J connectivity index is 3.05. The number of fused-ring (bicyclic) bond motifs is 2. The average Bonchev–Trinajstić information content (AvgIpc) is 2.82. The van der Waals surface area contributed by atoms with E-state index in [1.807, 2.05) is 34.6 Å². The number of ketones is 4. The van der Waals surface area contributed by atoms with E-state index < -0.39 is 39.6 Å². The van der Waals surface area contributed by atoms with Crippen LogP contribution in [0, 0.1) is 51.8 Å². The van der Waals surface area contributed by atoms with Crippen molar-refractivity contribution in [2.24, 2.45) is 51.8 Å². The van der Waals surface area contributed by atoms with Crippen molar-refractivity contribution in [3.05, 3.63) is 11.3 Å². The van der Waals surface area contributed by atoms with Gasteiger partial charge in [0.2, 0.25) is 0 Å². The van der Waals surface area contributed by atoms with Gasteiger partial charge in [0.15, 0.2) is 28.5 Å². The second-order valence-corrected chi connectivity index (χ2v) is 15.1. The van der Waals surface area contributed by atoms with Gasteiger partial charge in [-0.05, 0) is 62.2 Å².